The highest BCUT2D eigenvalue weighted by molar-refractivity contribution is 5.88. The maximum atomic E-state index is 13.1. The zero-order valence-corrected chi connectivity index (χ0v) is 22.7. The number of rotatable bonds is 13. The maximum Gasteiger partial charge on any atom is 0.410 e. The van der Waals surface area contributed by atoms with E-state index in [4.69, 9.17) is 9.47 Å². The summed E-state index contributed by atoms with van der Waals surface area (Å²) in [6.45, 7) is 3.65. The first kappa shape index (κ1) is 29.9. The number of nitrogens with one attached hydrogen (secondary N) is 2. The highest BCUT2D eigenvalue weighted by Crippen LogP contribution is 2.28. The molecule has 1 heterocycles. The molecule has 0 bridgehead atoms. The van der Waals surface area contributed by atoms with Crippen LogP contribution in [-0.4, -0.2) is 79.5 Å². The van der Waals surface area contributed by atoms with E-state index in [0.717, 1.165) is 24.8 Å². The van der Waals surface area contributed by atoms with Crippen molar-refractivity contribution in [2.75, 3.05) is 39.5 Å². The molecular weight excluding hydrogens is 486 g/mol. The van der Waals surface area contributed by atoms with Gasteiger partial charge < -0.3 is 30.1 Å². The van der Waals surface area contributed by atoms with Crippen molar-refractivity contribution in [2.24, 2.45) is 11.8 Å². The lowest BCUT2D eigenvalue weighted by Crippen LogP contribution is -2.48. The van der Waals surface area contributed by atoms with E-state index in [-0.39, 0.29) is 37.4 Å². The normalized spacial score (nSPS) is 18.7. The largest absolute Gasteiger partial charge is 0.436 e. The molecule has 38 heavy (non-hydrogen) atoms. The number of hydrogen-bond donors (Lipinski definition) is 3. The smallest absolute Gasteiger partial charge is 0.410 e. The molecule has 2 fully saturated rings. The van der Waals surface area contributed by atoms with Crippen LogP contribution in [-0.2, 0) is 25.5 Å². The van der Waals surface area contributed by atoms with E-state index in [1.807, 2.05) is 37.3 Å². The average molecular weight is 532 g/mol. The van der Waals surface area contributed by atoms with Crippen LogP contribution in [0.25, 0.3) is 0 Å². The molecule has 1 aromatic carbocycles. The minimum atomic E-state index is -1.05. The third-order valence-electron chi connectivity index (χ3n) is 7.52. The fraction of sp³-hybridized carbons (Fsp3) is 0.690. The summed E-state index contributed by atoms with van der Waals surface area (Å²) in [4.78, 5) is 40.2. The molecule has 2 aliphatic rings. The van der Waals surface area contributed by atoms with E-state index in [9.17, 15) is 19.5 Å². The Hall–Kier alpha value is -2.65. The molecule has 0 spiro atoms. The SMILES string of the molecule is C[C@@H](CO)CC[C@H](CC1CCCCC1)NC(=O)CNC(=O)[C@H](Cc1ccccc1)OC(=O)N1CCOCC1. The van der Waals surface area contributed by atoms with Crippen molar-refractivity contribution < 1.29 is 29.0 Å². The van der Waals surface area contributed by atoms with Gasteiger partial charge in [-0.3, -0.25) is 9.59 Å². The van der Waals surface area contributed by atoms with Crippen molar-refractivity contribution in [3.63, 3.8) is 0 Å². The summed E-state index contributed by atoms with van der Waals surface area (Å²) in [5.41, 5.74) is 0.859. The minimum absolute atomic E-state index is 0.00997. The maximum absolute atomic E-state index is 13.1. The van der Waals surface area contributed by atoms with Crippen molar-refractivity contribution in [3.8, 4) is 0 Å². The highest BCUT2D eigenvalue weighted by atomic mass is 16.6. The number of benzene rings is 1. The molecule has 0 radical (unpaired) electrons. The monoisotopic (exact) mass is 531 g/mol. The standard InChI is InChI=1S/C29H45N3O6/c1-22(21-33)12-13-25(18-23-8-4-2-5-9-23)31-27(34)20-30-28(35)26(19-24-10-6-3-7-11-24)38-29(36)32-14-16-37-17-15-32/h3,6-7,10-11,22-23,25-26,33H,2,4-5,8-9,12-21H2,1H3,(H,30,35)(H,31,34)/t22-,25-,26+/m1/s1. The number of aliphatic hydroxyl groups is 1. The van der Waals surface area contributed by atoms with Crippen LogP contribution in [0.1, 0.15) is 63.9 Å². The number of morpholine rings is 1. The lowest BCUT2D eigenvalue weighted by atomic mass is 9.83. The van der Waals surface area contributed by atoms with Crippen LogP contribution in [0.4, 0.5) is 4.79 Å². The Balaban J connectivity index is 1.55. The van der Waals surface area contributed by atoms with E-state index in [1.54, 1.807) is 0 Å². The lowest BCUT2D eigenvalue weighted by molar-refractivity contribution is -0.132. The third-order valence-corrected chi connectivity index (χ3v) is 7.52. The Morgan fingerprint density at radius 1 is 1.08 bits per heavy atom. The first-order valence-electron chi connectivity index (χ1n) is 14.2. The first-order chi connectivity index (χ1) is 18.4. The van der Waals surface area contributed by atoms with Gasteiger partial charge in [-0.1, -0.05) is 69.4 Å². The number of nitrogens with zero attached hydrogens (tertiary/aromatic N) is 1. The van der Waals surface area contributed by atoms with Crippen LogP contribution < -0.4 is 10.6 Å². The molecule has 1 aliphatic carbocycles. The Kier molecular flexibility index (Phi) is 12.9. The van der Waals surface area contributed by atoms with Crippen molar-refractivity contribution in [2.45, 2.75) is 76.9 Å². The molecule has 0 unspecified atom stereocenters. The number of hydrogen-bond acceptors (Lipinski definition) is 6. The fourth-order valence-electron chi connectivity index (χ4n) is 5.17. The second-order valence-electron chi connectivity index (χ2n) is 10.7. The van der Waals surface area contributed by atoms with Gasteiger partial charge in [0.2, 0.25) is 5.91 Å². The van der Waals surface area contributed by atoms with Gasteiger partial charge in [-0.25, -0.2) is 4.79 Å². The van der Waals surface area contributed by atoms with Crippen molar-refractivity contribution in [1.82, 2.24) is 15.5 Å². The van der Waals surface area contributed by atoms with Gasteiger partial charge in [-0.05, 0) is 36.7 Å². The fourth-order valence-corrected chi connectivity index (χ4v) is 5.17. The van der Waals surface area contributed by atoms with Gasteiger partial charge in [0.05, 0.1) is 19.8 Å². The molecule has 9 nitrogen and oxygen atoms in total. The Labute approximate surface area is 226 Å². The van der Waals surface area contributed by atoms with Crippen molar-refractivity contribution in [3.05, 3.63) is 35.9 Å². The van der Waals surface area contributed by atoms with E-state index in [2.05, 4.69) is 10.6 Å². The predicted octanol–water partition coefficient (Wildman–Crippen LogP) is 3.05. The summed E-state index contributed by atoms with van der Waals surface area (Å²) in [7, 11) is 0. The van der Waals surface area contributed by atoms with E-state index in [0.29, 0.717) is 32.2 Å². The van der Waals surface area contributed by atoms with E-state index < -0.39 is 18.1 Å². The van der Waals surface area contributed by atoms with E-state index in [1.165, 1.54) is 37.0 Å². The first-order valence-corrected chi connectivity index (χ1v) is 14.2. The van der Waals surface area contributed by atoms with Gasteiger partial charge >= 0.3 is 6.09 Å². The van der Waals surface area contributed by atoms with Crippen LogP contribution >= 0.6 is 0 Å². The second kappa shape index (κ2) is 16.3. The molecule has 3 atom stereocenters. The molecule has 3 rings (SSSR count). The van der Waals surface area contributed by atoms with E-state index >= 15 is 0 Å². The van der Waals surface area contributed by atoms with Gasteiger partial charge in [0.15, 0.2) is 6.10 Å². The molecular formula is C29H45N3O6. The van der Waals surface area contributed by atoms with Gasteiger partial charge in [0.1, 0.15) is 0 Å². The van der Waals surface area contributed by atoms with Crippen LogP contribution in [0, 0.1) is 11.8 Å². The zero-order valence-electron chi connectivity index (χ0n) is 22.7. The Bertz CT molecular complexity index is 855. The number of aliphatic hydroxyl groups excluding tert-OH is 1. The van der Waals surface area contributed by atoms with Crippen molar-refractivity contribution >= 4 is 17.9 Å². The van der Waals surface area contributed by atoms with Gasteiger partial charge in [-0.2, -0.15) is 0 Å². The highest BCUT2D eigenvalue weighted by Gasteiger charge is 2.28. The third kappa shape index (κ3) is 10.6. The molecule has 1 aliphatic heterocycles. The van der Waals surface area contributed by atoms with Gasteiger partial charge in [-0.15, -0.1) is 0 Å². The molecule has 3 N–H and O–H groups in total. The van der Waals surface area contributed by atoms with Crippen LogP contribution in [0.5, 0.6) is 0 Å². The van der Waals surface area contributed by atoms with Crippen molar-refractivity contribution in [1.29, 1.82) is 0 Å². The molecule has 0 aromatic heterocycles. The number of amides is 3. The molecule has 212 valence electrons. The molecule has 1 saturated carbocycles. The average Bonchev–Trinajstić information content (AvgIpc) is 2.95. The predicted molar refractivity (Wildman–Crippen MR) is 144 cm³/mol. The minimum Gasteiger partial charge on any atom is -0.436 e. The number of ether oxygens (including phenoxy) is 2. The van der Waals surface area contributed by atoms with Gasteiger partial charge in [0.25, 0.3) is 5.91 Å². The van der Waals surface area contributed by atoms with Gasteiger partial charge in [0, 0.05) is 32.2 Å². The second-order valence-corrected chi connectivity index (χ2v) is 10.7. The Morgan fingerprint density at radius 2 is 1.79 bits per heavy atom. The summed E-state index contributed by atoms with van der Waals surface area (Å²) in [5, 5.41) is 15.2. The summed E-state index contributed by atoms with van der Waals surface area (Å²) in [5.74, 6) is 0.0282. The summed E-state index contributed by atoms with van der Waals surface area (Å²) in [6.07, 6.45) is 7.29. The number of carbonyl (C=O) groups excluding carboxylic acids is 3. The lowest BCUT2D eigenvalue weighted by Gasteiger charge is -2.28. The molecule has 9 heteroatoms. The topological polar surface area (TPSA) is 117 Å². The van der Waals surface area contributed by atoms with Crippen LogP contribution in [0.3, 0.4) is 0 Å². The van der Waals surface area contributed by atoms with Crippen LogP contribution in [0.2, 0.25) is 0 Å². The summed E-state index contributed by atoms with van der Waals surface area (Å²) < 4.78 is 10.9. The quantitative estimate of drug-likeness (QED) is 0.360. The zero-order chi connectivity index (χ0) is 27.2. The van der Waals surface area contributed by atoms with Crippen LogP contribution in [0.15, 0.2) is 30.3 Å². The number of carbonyl (C=O) groups is 3. The molecule has 1 aromatic rings. The molecule has 1 saturated heterocycles. The molecule has 3 amide bonds. The summed E-state index contributed by atoms with van der Waals surface area (Å²) >= 11 is 0. The summed E-state index contributed by atoms with van der Waals surface area (Å²) in [6, 6.07) is 9.37. The Morgan fingerprint density at radius 3 is 2.47 bits per heavy atom.